The van der Waals surface area contributed by atoms with Crippen molar-refractivity contribution in [2.24, 2.45) is 0 Å². The fourth-order valence-electron chi connectivity index (χ4n) is 3.11. The van der Waals surface area contributed by atoms with Gasteiger partial charge in [-0.05, 0) is 36.4 Å². The van der Waals surface area contributed by atoms with Gasteiger partial charge in [-0.3, -0.25) is 0 Å². The van der Waals surface area contributed by atoms with Crippen molar-refractivity contribution in [2.75, 3.05) is 5.32 Å². The summed E-state index contributed by atoms with van der Waals surface area (Å²) in [6.07, 6.45) is 0. The molecular weight excluding hydrogens is 338 g/mol. The van der Waals surface area contributed by atoms with E-state index in [4.69, 9.17) is 0 Å². The first-order chi connectivity index (χ1) is 13.3. The minimum atomic E-state index is 0.0127. The number of nitrogens with one attached hydrogen (secondary N) is 1. The third-order valence-corrected chi connectivity index (χ3v) is 4.36. The standard InChI is InChI=1S/C21H15N5O/c27-20-12-9-15-13-16(10-11-17(15)23-20)22-21-24-19-8-4-7-18(26(19)25-21)14-5-2-1-3-6-14/h1-13H,(H,22,25)(H,23,27). The molecule has 0 atom stereocenters. The maximum absolute atomic E-state index is 9.49. The van der Waals surface area contributed by atoms with E-state index in [1.54, 1.807) is 6.07 Å². The van der Waals surface area contributed by atoms with Crippen molar-refractivity contribution in [2.45, 2.75) is 0 Å². The van der Waals surface area contributed by atoms with E-state index in [1.165, 1.54) is 0 Å². The number of rotatable bonds is 3. The lowest BCUT2D eigenvalue weighted by Gasteiger charge is -2.04. The highest BCUT2D eigenvalue weighted by molar-refractivity contribution is 5.83. The Labute approximate surface area is 154 Å². The quantitative estimate of drug-likeness (QED) is 0.503. The van der Waals surface area contributed by atoms with Gasteiger partial charge < -0.3 is 10.4 Å². The number of aromatic nitrogens is 4. The monoisotopic (exact) mass is 353 g/mol. The van der Waals surface area contributed by atoms with E-state index in [9.17, 15) is 5.11 Å². The summed E-state index contributed by atoms with van der Waals surface area (Å²) in [7, 11) is 0. The summed E-state index contributed by atoms with van der Waals surface area (Å²) in [6, 6.07) is 25.1. The number of hydrogen-bond donors (Lipinski definition) is 2. The highest BCUT2D eigenvalue weighted by Gasteiger charge is 2.09. The Balaban J connectivity index is 1.53. The number of anilines is 2. The normalized spacial score (nSPS) is 11.1. The van der Waals surface area contributed by atoms with Crippen LogP contribution in [0.3, 0.4) is 0 Å². The molecule has 3 heterocycles. The van der Waals surface area contributed by atoms with Crippen molar-refractivity contribution in [3.05, 3.63) is 78.9 Å². The van der Waals surface area contributed by atoms with Gasteiger partial charge in [0.05, 0.1) is 11.2 Å². The van der Waals surface area contributed by atoms with E-state index in [0.29, 0.717) is 5.95 Å². The maximum Gasteiger partial charge on any atom is 0.247 e. The van der Waals surface area contributed by atoms with Crippen LogP contribution in [0.2, 0.25) is 0 Å². The predicted molar refractivity (Wildman–Crippen MR) is 105 cm³/mol. The summed E-state index contributed by atoms with van der Waals surface area (Å²) in [6.45, 7) is 0. The average molecular weight is 353 g/mol. The third-order valence-electron chi connectivity index (χ3n) is 4.36. The molecule has 27 heavy (non-hydrogen) atoms. The van der Waals surface area contributed by atoms with Crippen LogP contribution in [0.15, 0.2) is 78.9 Å². The van der Waals surface area contributed by atoms with Crippen molar-refractivity contribution < 1.29 is 5.11 Å². The summed E-state index contributed by atoms with van der Waals surface area (Å²) in [4.78, 5) is 8.67. The molecule has 0 radical (unpaired) electrons. The molecule has 6 heteroatoms. The van der Waals surface area contributed by atoms with Gasteiger partial charge in [-0.1, -0.05) is 36.4 Å². The summed E-state index contributed by atoms with van der Waals surface area (Å²) in [5, 5.41) is 18.3. The second kappa shape index (κ2) is 6.10. The molecule has 0 bridgehead atoms. The van der Waals surface area contributed by atoms with Crippen LogP contribution >= 0.6 is 0 Å². The van der Waals surface area contributed by atoms with Gasteiger partial charge in [-0.2, -0.15) is 4.98 Å². The van der Waals surface area contributed by atoms with E-state index in [-0.39, 0.29) is 5.88 Å². The van der Waals surface area contributed by atoms with Gasteiger partial charge in [0.15, 0.2) is 5.65 Å². The van der Waals surface area contributed by atoms with Crippen LogP contribution in [0.1, 0.15) is 0 Å². The Morgan fingerprint density at radius 2 is 1.70 bits per heavy atom. The van der Waals surface area contributed by atoms with Crippen LogP contribution < -0.4 is 5.32 Å². The molecule has 2 N–H and O–H groups in total. The Morgan fingerprint density at radius 1 is 0.815 bits per heavy atom. The number of nitrogens with zero attached hydrogens (tertiary/aromatic N) is 4. The zero-order chi connectivity index (χ0) is 18.2. The molecular formula is C21H15N5O. The Morgan fingerprint density at radius 3 is 2.59 bits per heavy atom. The lowest BCUT2D eigenvalue weighted by atomic mass is 10.1. The molecule has 0 saturated heterocycles. The van der Waals surface area contributed by atoms with Crippen LogP contribution in [0.4, 0.5) is 11.6 Å². The number of fused-ring (bicyclic) bond motifs is 2. The van der Waals surface area contributed by atoms with Gasteiger partial charge in [-0.15, -0.1) is 5.10 Å². The first-order valence-electron chi connectivity index (χ1n) is 8.54. The summed E-state index contributed by atoms with van der Waals surface area (Å²) < 4.78 is 1.83. The first kappa shape index (κ1) is 15.3. The lowest BCUT2D eigenvalue weighted by molar-refractivity contribution is 0.456. The van der Waals surface area contributed by atoms with Crippen LogP contribution in [-0.2, 0) is 0 Å². The van der Waals surface area contributed by atoms with Crippen LogP contribution in [-0.4, -0.2) is 24.7 Å². The zero-order valence-electron chi connectivity index (χ0n) is 14.2. The van der Waals surface area contributed by atoms with Crippen molar-refractivity contribution in [3.8, 4) is 17.1 Å². The SMILES string of the molecule is Oc1ccc2cc(Nc3nc4cccc(-c5ccccc5)n4n3)ccc2n1. The second-order valence-corrected chi connectivity index (χ2v) is 6.18. The zero-order valence-corrected chi connectivity index (χ0v) is 14.2. The average Bonchev–Trinajstić information content (AvgIpc) is 3.11. The molecule has 0 fully saturated rings. The first-order valence-corrected chi connectivity index (χ1v) is 8.54. The third kappa shape index (κ3) is 2.83. The van der Waals surface area contributed by atoms with Crippen LogP contribution in [0, 0.1) is 0 Å². The van der Waals surface area contributed by atoms with Gasteiger partial charge in [0, 0.05) is 22.7 Å². The van der Waals surface area contributed by atoms with Gasteiger partial charge in [0.2, 0.25) is 11.8 Å². The molecule has 5 rings (SSSR count). The Hall–Kier alpha value is -3.93. The topological polar surface area (TPSA) is 75.3 Å². The lowest BCUT2D eigenvalue weighted by Crippen LogP contribution is -1.95. The smallest absolute Gasteiger partial charge is 0.247 e. The highest BCUT2D eigenvalue weighted by atomic mass is 16.3. The summed E-state index contributed by atoms with van der Waals surface area (Å²) in [5.41, 5.74) is 4.41. The van der Waals surface area contributed by atoms with Crippen LogP contribution in [0.25, 0.3) is 27.8 Å². The molecule has 0 unspecified atom stereocenters. The number of aromatic hydroxyl groups is 1. The largest absolute Gasteiger partial charge is 0.493 e. The molecule has 0 spiro atoms. The molecule has 0 aliphatic rings. The van der Waals surface area contributed by atoms with E-state index >= 15 is 0 Å². The highest BCUT2D eigenvalue weighted by Crippen LogP contribution is 2.24. The Bertz CT molecular complexity index is 1260. The molecule has 6 nitrogen and oxygen atoms in total. The molecule has 2 aromatic carbocycles. The minimum absolute atomic E-state index is 0.0127. The maximum atomic E-state index is 9.49. The van der Waals surface area contributed by atoms with Crippen molar-refractivity contribution >= 4 is 28.2 Å². The van der Waals surface area contributed by atoms with Crippen LogP contribution in [0.5, 0.6) is 5.88 Å². The second-order valence-electron chi connectivity index (χ2n) is 6.18. The molecule has 0 aliphatic carbocycles. The molecule has 130 valence electrons. The van der Waals surface area contributed by atoms with Gasteiger partial charge in [0.1, 0.15) is 0 Å². The van der Waals surface area contributed by atoms with Gasteiger partial charge in [-0.25, -0.2) is 9.50 Å². The molecule has 5 aromatic rings. The Kier molecular flexibility index (Phi) is 3.47. The van der Waals surface area contributed by atoms with Gasteiger partial charge >= 0.3 is 0 Å². The van der Waals surface area contributed by atoms with Crippen molar-refractivity contribution in [3.63, 3.8) is 0 Å². The van der Waals surface area contributed by atoms with Gasteiger partial charge in [0.25, 0.3) is 0 Å². The van der Waals surface area contributed by atoms with Crippen molar-refractivity contribution in [1.29, 1.82) is 0 Å². The number of pyridine rings is 2. The molecule has 0 amide bonds. The van der Waals surface area contributed by atoms with E-state index in [2.05, 4.69) is 32.5 Å². The van der Waals surface area contributed by atoms with E-state index < -0.39 is 0 Å². The summed E-state index contributed by atoms with van der Waals surface area (Å²) in [5.74, 6) is 0.531. The molecule has 0 aliphatic heterocycles. The van der Waals surface area contributed by atoms with E-state index in [1.807, 2.05) is 65.2 Å². The molecule has 3 aromatic heterocycles. The summed E-state index contributed by atoms with van der Waals surface area (Å²) >= 11 is 0. The van der Waals surface area contributed by atoms with E-state index in [0.717, 1.165) is 33.5 Å². The number of hydrogen-bond acceptors (Lipinski definition) is 5. The molecule has 0 saturated carbocycles. The minimum Gasteiger partial charge on any atom is -0.493 e. The predicted octanol–water partition coefficient (Wildman–Crippen LogP) is 4.39. The van der Waals surface area contributed by atoms with Crippen molar-refractivity contribution in [1.82, 2.24) is 19.6 Å². The fraction of sp³-hybridized carbons (Fsp3) is 0. The number of benzene rings is 2. The fourth-order valence-corrected chi connectivity index (χ4v) is 3.11.